The van der Waals surface area contributed by atoms with E-state index < -0.39 is 0 Å². The molecule has 0 unspecified atom stereocenters. The van der Waals surface area contributed by atoms with Crippen molar-refractivity contribution in [1.82, 2.24) is 9.97 Å². The van der Waals surface area contributed by atoms with Crippen LogP contribution in [0.4, 0.5) is 17.5 Å². The molecule has 134 valence electrons. The van der Waals surface area contributed by atoms with Crippen LogP contribution in [-0.4, -0.2) is 42.4 Å². The summed E-state index contributed by atoms with van der Waals surface area (Å²) in [5.41, 5.74) is 1.87. The maximum atomic E-state index is 8.93. The second-order valence-electron chi connectivity index (χ2n) is 6.01. The zero-order valence-corrected chi connectivity index (χ0v) is 14.6. The van der Waals surface area contributed by atoms with Gasteiger partial charge in [-0.2, -0.15) is 4.98 Å². The predicted octanol–water partition coefficient (Wildman–Crippen LogP) is 2.91. The maximum absolute atomic E-state index is 8.93. The van der Waals surface area contributed by atoms with Crippen molar-refractivity contribution in [3.05, 3.63) is 30.0 Å². The van der Waals surface area contributed by atoms with Gasteiger partial charge in [-0.3, -0.25) is 0 Å². The molecule has 3 N–H and O–H groups in total. The van der Waals surface area contributed by atoms with Crippen molar-refractivity contribution in [1.29, 1.82) is 0 Å². The molecule has 0 radical (unpaired) electrons. The third-order valence-corrected chi connectivity index (χ3v) is 3.98. The smallest absolute Gasteiger partial charge is 0.224 e. The molecule has 0 atom stereocenters. The van der Waals surface area contributed by atoms with Gasteiger partial charge in [0, 0.05) is 49.0 Å². The lowest BCUT2D eigenvalue weighted by atomic mass is 10.2. The number of benzene rings is 1. The Morgan fingerprint density at radius 2 is 1.80 bits per heavy atom. The standard InChI is InChI=1S/C18H24N4O3/c1-24-14-8-13(9-15(10-14)25-2)20-17-11-16(12-4-5-12)21-18(22-17)19-6-3-7-23/h8-12,23H,3-7H2,1-2H3,(H2,19,20,21,22). The molecule has 7 heteroatoms. The molecule has 0 bridgehead atoms. The van der Waals surface area contributed by atoms with Crippen LogP contribution in [0.25, 0.3) is 0 Å². The normalized spacial score (nSPS) is 13.4. The van der Waals surface area contributed by atoms with Crippen LogP contribution in [0, 0.1) is 0 Å². The molecule has 1 aliphatic carbocycles. The SMILES string of the molecule is COc1cc(Nc2cc(C3CC3)nc(NCCCO)n2)cc(OC)c1. The molecular formula is C18H24N4O3. The van der Waals surface area contributed by atoms with E-state index in [1.807, 2.05) is 24.3 Å². The van der Waals surface area contributed by atoms with Gasteiger partial charge in [-0.15, -0.1) is 0 Å². The molecule has 0 amide bonds. The number of rotatable bonds is 9. The molecule has 25 heavy (non-hydrogen) atoms. The van der Waals surface area contributed by atoms with Gasteiger partial charge in [0.1, 0.15) is 17.3 Å². The molecule has 0 aliphatic heterocycles. The van der Waals surface area contributed by atoms with E-state index in [1.54, 1.807) is 14.2 Å². The fourth-order valence-electron chi connectivity index (χ4n) is 2.50. The highest BCUT2D eigenvalue weighted by molar-refractivity contribution is 5.62. The summed E-state index contributed by atoms with van der Waals surface area (Å²) in [6, 6.07) is 7.59. The topological polar surface area (TPSA) is 88.5 Å². The Labute approximate surface area is 147 Å². The minimum absolute atomic E-state index is 0.143. The summed E-state index contributed by atoms with van der Waals surface area (Å²) in [5, 5.41) is 15.4. The number of hydrogen-bond donors (Lipinski definition) is 3. The summed E-state index contributed by atoms with van der Waals surface area (Å²) in [7, 11) is 3.25. The fraction of sp³-hybridized carbons (Fsp3) is 0.444. The Morgan fingerprint density at radius 3 is 2.40 bits per heavy atom. The number of aromatic nitrogens is 2. The number of aliphatic hydroxyl groups excluding tert-OH is 1. The maximum Gasteiger partial charge on any atom is 0.224 e. The van der Waals surface area contributed by atoms with Crippen LogP contribution < -0.4 is 20.1 Å². The van der Waals surface area contributed by atoms with Gasteiger partial charge in [0.25, 0.3) is 0 Å². The largest absolute Gasteiger partial charge is 0.497 e. The molecular weight excluding hydrogens is 320 g/mol. The Hall–Kier alpha value is -2.54. The summed E-state index contributed by atoms with van der Waals surface area (Å²) < 4.78 is 10.6. The van der Waals surface area contributed by atoms with Gasteiger partial charge in [-0.1, -0.05) is 0 Å². The van der Waals surface area contributed by atoms with E-state index >= 15 is 0 Å². The minimum atomic E-state index is 0.143. The first-order valence-electron chi connectivity index (χ1n) is 8.45. The lowest BCUT2D eigenvalue weighted by molar-refractivity contribution is 0.292. The summed E-state index contributed by atoms with van der Waals surface area (Å²) in [6.07, 6.45) is 2.99. The van der Waals surface area contributed by atoms with Crippen LogP contribution in [0.5, 0.6) is 11.5 Å². The first kappa shape index (κ1) is 17.3. The van der Waals surface area contributed by atoms with E-state index in [-0.39, 0.29) is 6.61 Å². The number of ether oxygens (including phenoxy) is 2. The highest BCUT2D eigenvalue weighted by atomic mass is 16.5. The van der Waals surface area contributed by atoms with Crippen molar-refractivity contribution in [3.8, 4) is 11.5 Å². The summed E-state index contributed by atoms with van der Waals surface area (Å²) in [4.78, 5) is 9.11. The number of nitrogens with zero attached hydrogens (tertiary/aromatic N) is 2. The molecule has 2 aromatic rings. The molecule has 1 heterocycles. The number of aliphatic hydroxyl groups is 1. The van der Waals surface area contributed by atoms with Gasteiger partial charge in [-0.25, -0.2) is 4.98 Å². The minimum Gasteiger partial charge on any atom is -0.497 e. The molecule has 1 fully saturated rings. The number of hydrogen-bond acceptors (Lipinski definition) is 7. The summed E-state index contributed by atoms with van der Waals surface area (Å²) in [5.74, 6) is 3.23. The van der Waals surface area contributed by atoms with E-state index in [9.17, 15) is 0 Å². The van der Waals surface area contributed by atoms with Crippen molar-refractivity contribution in [3.63, 3.8) is 0 Å². The molecule has 7 nitrogen and oxygen atoms in total. The number of nitrogens with one attached hydrogen (secondary N) is 2. The molecule has 1 aromatic heterocycles. The third-order valence-electron chi connectivity index (χ3n) is 3.98. The van der Waals surface area contributed by atoms with Crippen LogP contribution >= 0.6 is 0 Å². The Bertz CT molecular complexity index is 697. The Morgan fingerprint density at radius 1 is 1.08 bits per heavy atom. The van der Waals surface area contributed by atoms with Crippen molar-refractivity contribution in [2.45, 2.75) is 25.2 Å². The van der Waals surface area contributed by atoms with Gasteiger partial charge in [0.15, 0.2) is 0 Å². The van der Waals surface area contributed by atoms with Gasteiger partial charge in [0.2, 0.25) is 5.95 Å². The first-order valence-corrected chi connectivity index (χ1v) is 8.45. The highest BCUT2D eigenvalue weighted by Gasteiger charge is 2.26. The van der Waals surface area contributed by atoms with E-state index in [4.69, 9.17) is 14.6 Å². The van der Waals surface area contributed by atoms with Gasteiger partial charge >= 0.3 is 0 Å². The van der Waals surface area contributed by atoms with Crippen LogP contribution in [0.15, 0.2) is 24.3 Å². The zero-order chi connectivity index (χ0) is 17.6. The molecule has 0 saturated heterocycles. The zero-order valence-electron chi connectivity index (χ0n) is 14.6. The molecule has 1 aliphatic rings. The monoisotopic (exact) mass is 344 g/mol. The Balaban J connectivity index is 1.83. The highest BCUT2D eigenvalue weighted by Crippen LogP contribution is 2.40. The fourth-order valence-corrected chi connectivity index (χ4v) is 2.50. The predicted molar refractivity (Wildman–Crippen MR) is 97.0 cm³/mol. The van der Waals surface area contributed by atoms with Crippen LogP contribution in [0.3, 0.4) is 0 Å². The Kier molecular flexibility index (Phi) is 5.55. The molecule has 0 spiro atoms. The van der Waals surface area contributed by atoms with E-state index in [0.717, 1.165) is 17.2 Å². The second kappa shape index (κ2) is 8.02. The molecule has 3 rings (SSSR count). The van der Waals surface area contributed by atoms with Crippen LogP contribution in [0.2, 0.25) is 0 Å². The first-order chi connectivity index (χ1) is 12.2. The average molecular weight is 344 g/mol. The van der Waals surface area contributed by atoms with Crippen molar-refractivity contribution in [2.75, 3.05) is 38.0 Å². The number of methoxy groups -OCH3 is 2. The van der Waals surface area contributed by atoms with Crippen molar-refractivity contribution < 1.29 is 14.6 Å². The van der Waals surface area contributed by atoms with Crippen LogP contribution in [-0.2, 0) is 0 Å². The van der Waals surface area contributed by atoms with Gasteiger partial charge < -0.3 is 25.2 Å². The molecule has 1 saturated carbocycles. The van der Waals surface area contributed by atoms with Crippen molar-refractivity contribution in [2.24, 2.45) is 0 Å². The van der Waals surface area contributed by atoms with E-state index in [0.29, 0.717) is 36.3 Å². The summed E-state index contributed by atoms with van der Waals surface area (Å²) >= 11 is 0. The third kappa shape index (κ3) is 4.73. The second-order valence-corrected chi connectivity index (χ2v) is 6.01. The van der Waals surface area contributed by atoms with Gasteiger partial charge in [0.05, 0.1) is 19.9 Å². The lowest BCUT2D eigenvalue weighted by Gasteiger charge is -2.13. The average Bonchev–Trinajstić information content (AvgIpc) is 3.46. The number of anilines is 3. The van der Waals surface area contributed by atoms with Crippen LogP contribution in [0.1, 0.15) is 30.9 Å². The van der Waals surface area contributed by atoms with E-state index in [2.05, 4.69) is 20.6 Å². The summed E-state index contributed by atoms with van der Waals surface area (Å²) in [6.45, 7) is 0.779. The molecule has 1 aromatic carbocycles. The lowest BCUT2D eigenvalue weighted by Crippen LogP contribution is -2.09. The van der Waals surface area contributed by atoms with Gasteiger partial charge in [-0.05, 0) is 19.3 Å². The van der Waals surface area contributed by atoms with Crippen molar-refractivity contribution >= 4 is 17.5 Å². The van der Waals surface area contributed by atoms with E-state index in [1.165, 1.54) is 12.8 Å². The quantitative estimate of drug-likeness (QED) is 0.603.